The van der Waals surface area contributed by atoms with Crippen molar-refractivity contribution < 1.29 is 28.5 Å². The van der Waals surface area contributed by atoms with E-state index in [1.54, 1.807) is 12.1 Å². The molecule has 0 spiro atoms. The van der Waals surface area contributed by atoms with Crippen LogP contribution in [0.3, 0.4) is 0 Å². The number of hydrogen-bond acceptors (Lipinski definition) is 6. The number of benzene rings is 1. The third-order valence-electron chi connectivity index (χ3n) is 4.35. The van der Waals surface area contributed by atoms with Crippen LogP contribution in [0.4, 0.5) is 0 Å². The molecule has 9 heteroatoms. The molecule has 0 saturated heterocycles. The Balaban J connectivity index is 1.97. The van der Waals surface area contributed by atoms with Crippen molar-refractivity contribution in [3.05, 3.63) is 50.9 Å². The number of carbonyl (C=O) groups excluding carboxylic acids is 1. The fraction of sp³-hybridized carbons (Fsp3) is 0.400. The Kier molecular flexibility index (Phi) is 7.41. The van der Waals surface area contributed by atoms with Crippen molar-refractivity contribution in [2.24, 2.45) is 0 Å². The van der Waals surface area contributed by atoms with E-state index in [0.29, 0.717) is 72.4 Å². The minimum Gasteiger partial charge on any atom is -0.619 e. The highest BCUT2D eigenvalue weighted by Gasteiger charge is 2.24. The topological polar surface area (TPSA) is 80.9 Å². The Bertz CT molecular complexity index is 867. The van der Waals surface area contributed by atoms with E-state index in [1.807, 2.05) is 0 Å². The van der Waals surface area contributed by atoms with Gasteiger partial charge < -0.3 is 24.2 Å². The van der Waals surface area contributed by atoms with E-state index in [0.717, 1.165) is 12.4 Å². The number of ether oxygens (including phenoxy) is 4. The van der Waals surface area contributed by atoms with E-state index < -0.39 is 0 Å². The summed E-state index contributed by atoms with van der Waals surface area (Å²) >= 11 is 12.2. The number of pyridine rings is 1. The highest BCUT2D eigenvalue weighted by atomic mass is 35.5. The summed E-state index contributed by atoms with van der Waals surface area (Å²) < 4.78 is 23.2. The number of carbonyl (C=O) groups is 1. The summed E-state index contributed by atoms with van der Waals surface area (Å²) in [5, 5.41) is 11.7. The normalized spacial score (nSPS) is 14.7. The van der Waals surface area contributed by atoms with E-state index in [2.05, 4.69) is 0 Å². The highest BCUT2D eigenvalue weighted by molar-refractivity contribution is 6.36. The Morgan fingerprint density at radius 3 is 2.31 bits per heavy atom. The van der Waals surface area contributed by atoms with Gasteiger partial charge >= 0.3 is 0 Å². The van der Waals surface area contributed by atoms with Crippen LogP contribution in [0.5, 0.6) is 17.2 Å². The monoisotopic (exact) mass is 441 g/mol. The average Bonchev–Trinajstić information content (AvgIpc) is 2.74. The van der Waals surface area contributed by atoms with E-state index in [9.17, 15) is 10.0 Å². The number of halogens is 2. The molecule has 0 amide bonds. The Morgan fingerprint density at radius 1 is 1.07 bits per heavy atom. The van der Waals surface area contributed by atoms with Crippen LogP contribution >= 0.6 is 23.2 Å². The lowest BCUT2D eigenvalue weighted by molar-refractivity contribution is -0.605. The lowest BCUT2D eigenvalue weighted by Crippen LogP contribution is -2.25. The quantitative estimate of drug-likeness (QED) is 0.409. The minimum absolute atomic E-state index is 0.0935. The summed E-state index contributed by atoms with van der Waals surface area (Å²) in [5.74, 6) is 0.896. The van der Waals surface area contributed by atoms with Gasteiger partial charge in [0.1, 0.15) is 10.0 Å². The molecule has 1 aliphatic heterocycles. The zero-order valence-electron chi connectivity index (χ0n) is 15.9. The number of ketones is 1. The molecule has 7 nitrogen and oxygen atoms in total. The summed E-state index contributed by atoms with van der Waals surface area (Å²) in [6, 6.07) is 3.28. The van der Waals surface area contributed by atoms with E-state index >= 15 is 0 Å². The first-order valence-electron chi connectivity index (χ1n) is 9.15. The second-order valence-corrected chi connectivity index (χ2v) is 7.20. The smallest absolute Gasteiger partial charge is 0.204 e. The third-order valence-corrected chi connectivity index (χ3v) is 5.00. The molecule has 1 aromatic carbocycles. The van der Waals surface area contributed by atoms with Gasteiger partial charge in [-0.2, -0.15) is 4.73 Å². The van der Waals surface area contributed by atoms with Crippen LogP contribution in [0.25, 0.3) is 0 Å². The first-order chi connectivity index (χ1) is 14.0. The number of nitrogens with zero attached hydrogens (tertiary/aromatic N) is 1. The third kappa shape index (κ3) is 5.23. The lowest BCUT2D eigenvalue weighted by Gasteiger charge is -2.18. The predicted molar refractivity (Wildman–Crippen MR) is 107 cm³/mol. The molecule has 0 fully saturated rings. The lowest BCUT2D eigenvalue weighted by atomic mass is 10.0. The zero-order chi connectivity index (χ0) is 20.8. The molecule has 0 unspecified atom stereocenters. The van der Waals surface area contributed by atoms with Crippen molar-refractivity contribution in [2.45, 2.75) is 19.3 Å². The van der Waals surface area contributed by atoms with Crippen LogP contribution < -0.4 is 18.9 Å². The Morgan fingerprint density at radius 2 is 1.69 bits per heavy atom. The summed E-state index contributed by atoms with van der Waals surface area (Å²) in [7, 11) is 1.52. The van der Waals surface area contributed by atoms with Gasteiger partial charge in [-0.25, -0.2) is 0 Å². The summed E-state index contributed by atoms with van der Waals surface area (Å²) in [4.78, 5) is 13.1. The molecular weight excluding hydrogens is 421 g/mol. The van der Waals surface area contributed by atoms with Crippen LogP contribution in [0.15, 0.2) is 24.5 Å². The average molecular weight is 442 g/mol. The largest absolute Gasteiger partial charge is 0.619 e. The number of Topliss-reactive ketones (excluding diaryl/α,β-unsaturated/α-hetero) is 1. The maximum absolute atomic E-state index is 13.1. The highest BCUT2D eigenvalue weighted by Crippen LogP contribution is 2.41. The molecule has 0 aliphatic carbocycles. The number of rotatable bonds is 4. The van der Waals surface area contributed by atoms with Crippen LogP contribution in [-0.2, 0) is 11.2 Å². The van der Waals surface area contributed by atoms with Gasteiger partial charge in [0.2, 0.25) is 5.75 Å². The van der Waals surface area contributed by atoms with Gasteiger partial charge in [0.05, 0.1) is 25.9 Å². The number of aromatic nitrogens is 1. The van der Waals surface area contributed by atoms with Gasteiger partial charge in [0, 0.05) is 38.0 Å². The minimum atomic E-state index is -0.272. The van der Waals surface area contributed by atoms with Crippen molar-refractivity contribution in [1.29, 1.82) is 0 Å². The maximum atomic E-state index is 13.1. The standard InChI is InChI=1S/C20H21Cl2NO6/c1-26-18-5-4-13(17(24)10-14-15(21)11-23(25)12-16(14)22)19-20(18)29-9-3-7-27-6-2-8-28-19/h4-5,11-12H,2-3,6-10H2,1H3. The Labute approximate surface area is 178 Å². The summed E-state index contributed by atoms with van der Waals surface area (Å²) in [5.41, 5.74) is 0.702. The van der Waals surface area contributed by atoms with Crippen LogP contribution in [0, 0.1) is 5.21 Å². The molecule has 0 N–H and O–H groups in total. The van der Waals surface area contributed by atoms with Gasteiger partial charge in [-0.3, -0.25) is 4.79 Å². The number of fused-ring (bicyclic) bond motifs is 1. The molecule has 29 heavy (non-hydrogen) atoms. The van der Waals surface area contributed by atoms with Crippen molar-refractivity contribution >= 4 is 29.0 Å². The Hall–Kier alpha value is -2.22. The first-order valence-corrected chi connectivity index (χ1v) is 9.91. The second kappa shape index (κ2) is 10.0. The van der Waals surface area contributed by atoms with Gasteiger partial charge in [0.25, 0.3) is 0 Å². The first kappa shape index (κ1) is 21.5. The van der Waals surface area contributed by atoms with Gasteiger partial charge in [-0.05, 0) is 12.1 Å². The van der Waals surface area contributed by atoms with Crippen LogP contribution in [-0.4, -0.2) is 39.3 Å². The molecule has 2 heterocycles. The zero-order valence-corrected chi connectivity index (χ0v) is 17.4. The van der Waals surface area contributed by atoms with E-state index in [4.69, 9.17) is 42.1 Å². The van der Waals surface area contributed by atoms with E-state index in [-0.39, 0.29) is 22.2 Å². The molecule has 0 saturated carbocycles. The summed E-state index contributed by atoms with van der Waals surface area (Å²) in [6.45, 7) is 1.89. The van der Waals surface area contributed by atoms with Gasteiger partial charge in [-0.1, -0.05) is 23.2 Å². The van der Waals surface area contributed by atoms with Gasteiger partial charge in [-0.15, -0.1) is 0 Å². The second-order valence-electron chi connectivity index (χ2n) is 6.38. The van der Waals surface area contributed by atoms with Crippen molar-refractivity contribution in [2.75, 3.05) is 33.5 Å². The van der Waals surface area contributed by atoms with Gasteiger partial charge in [0.15, 0.2) is 29.7 Å². The van der Waals surface area contributed by atoms with E-state index in [1.165, 1.54) is 7.11 Å². The predicted octanol–water partition coefficient (Wildman–Crippen LogP) is 3.63. The molecule has 1 aromatic heterocycles. The molecule has 0 radical (unpaired) electrons. The number of hydrogen-bond donors (Lipinski definition) is 0. The molecule has 1 aliphatic rings. The van der Waals surface area contributed by atoms with Crippen LogP contribution in [0.1, 0.15) is 28.8 Å². The molecule has 0 bridgehead atoms. The van der Waals surface area contributed by atoms with Crippen molar-refractivity contribution in [1.82, 2.24) is 0 Å². The molecule has 0 atom stereocenters. The molecule has 156 valence electrons. The van der Waals surface area contributed by atoms with Crippen LogP contribution in [0.2, 0.25) is 10.0 Å². The van der Waals surface area contributed by atoms with Crippen molar-refractivity contribution in [3.63, 3.8) is 0 Å². The SMILES string of the molecule is COc1ccc(C(=O)Cc2c(Cl)c[n+]([O-])cc2Cl)c2c1OCCCOCCCO2. The molecule has 2 aromatic rings. The molecule has 3 rings (SSSR count). The summed E-state index contributed by atoms with van der Waals surface area (Å²) in [6.07, 6.45) is 3.59. The molecular formula is C20H21Cl2NO6. The fourth-order valence-electron chi connectivity index (χ4n) is 2.93. The number of methoxy groups -OCH3 is 1. The fourth-order valence-corrected chi connectivity index (χ4v) is 3.51. The van der Waals surface area contributed by atoms with Crippen molar-refractivity contribution in [3.8, 4) is 17.2 Å². The maximum Gasteiger partial charge on any atom is 0.204 e.